The number of ether oxygens (including phenoxy) is 2. The van der Waals surface area contributed by atoms with Crippen LogP contribution in [-0.4, -0.2) is 76.6 Å². The summed E-state index contributed by atoms with van der Waals surface area (Å²) in [4.78, 5) is 16.5. The smallest absolute Gasteiger partial charge is 0.261 e. The third-order valence-electron chi connectivity index (χ3n) is 6.34. The average Bonchev–Trinajstić information content (AvgIpc) is 3.64. The fourth-order valence-corrected chi connectivity index (χ4v) is 5.33. The van der Waals surface area contributed by atoms with Gasteiger partial charge in [-0.3, -0.25) is 9.69 Å². The van der Waals surface area contributed by atoms with Crippen LogP contribution in [-0.2, 0) is 17.6 Å². The third kappa shape index (κ3) is 4.77. The Kier molecular flexibility index (Phi) is 6.15. The minimum Gasteiger partial charge on any atom is -0.493 e. The van der Waals surface area contributed by atoms with E-state index in [0.29, 0.717) is 23.5 Å². The second-order valence-electron chi connectivity index (χ2n) is 8.70. The van der Waals surface area contributed by atoms with Crippen LogP contribution in [0.15, 0.2) is 42.5 Å². The number of nitrogens with one attached hydrogen (secondary N) is 1. The van der Waals surface area contributed by atoms with Crippen LogP contribution in [0, 0.1) is 0 Å². The van der Waals surface area contributed by atoms with Gasteiger partial charge in [-0.05, 0) is 41.5 Å². The van der Waals surface area contributed by atoms with Gasteiger partial charge < -0.3 is 14.8 Å². The molecule has 2 aliphatic rings. The van der Waals surface area contributed by atoms with E-state index in [9.17, 15) is 4.79 Å². The summed E-state index contributed by atoms with van der Waals surface area (Å²) < 4.78 is 12.8. The number of carbonyl (C=O) groups excluding carboxylic acids is 1. The van der Waals surface area contributed by atoms with Crippen molar-refractivity contribution in [2.75, 3.05) is 46.0 Å². The Morgan fingerprint density at radius 1 is 1.06 bits per heavy atom. The molecule has 180 valence electrons. The van der Waals surface area contributed by atoms with Crippen LogP contribution in [0.5, 0.6) is 5.75 Å². The average molecular weight is 491 g/mol. The Balaban J connectivity index is 1.15. The molecule has 9 nitrogen and oxygen atoms in total. The van der Waals surface area contributed by atoms with E-state index in [1.54, 1.807) is 4.52 Å². The second-order valence-corrected chi connectivity index (χ2v) is 9.78. The highest BCUT2D eigenvalue weighted by Crippen LogP contribution is 2.28. The van der Waals surface area contributed by atoms with Crippen molar-refractivity contribution in [1.82, 2.24) is 30.0 Å². The molecule has 0 bridgehead atoms. The van der Waals surface area contributed by atoms with Crippen molar-refractivity contribution in [3.8, 4) is 16.3 Å². The van der Waals surface area contributed by atoms with E-state index in [1.807, 2.05) is 30.3 Å². The lowest BCUT2D eigenvalue weighted by atomic mass is 10.1. The Morgan fingerprint density at radius 3 is 2.89 bits per heavy atom. The van der Waals surface area contributed by atoms with Gasteiger partial charge in [-0.15, -0.1) is 21.5 Å². The number of morpholine rings is 1. The van der Waals surface area contributed by atoms with E-state index in [0.717, 1.165) is 73.6 Å². The number of fused-ring (bicyclic) bond motifs is 2. The fourth-order valence-electron chi connectivity index (χ4n) is 4.44. The Morgan fingerprint density at radius 2 is 1.97 bits per heavy atom. The second kappa shape index (κ2) is 9.73. The number of thiophene rings is 1. The van der Waals surface area contributed by atoms with E-state index in [4.69, 9.17) is 14.6 Å². The molecule has 3 aromatic heterocycles. The Bertz CT molecular complexity index is 1360. The van der Waals surface area contributed by atoms with Gasteiger partial charge in [-0.25, -0.2) is 0 Å². The lowest BCUT2D eigenvalue weighted by Crippen LogP contribution is -2.41. The summed E-state index contributed by atoms with van der Waals surface area (Å²) in [6, 6.07) is 13.9. The molecule has 5 heterocycles. The van der Waals surface area contributed by atoms with Gasteiger partial charge in [0, 0.05) is 39.0 Å². The third-order valence-corrected chi connectivity index (χ3v) is 7.45. The highest BCUT2D eigenvalue weighted by Gasteiger charge is 2.16. The zero-order chi connectivity index (χ0) is 23.6. The van der Waals surface area contributed by atoms with Gasteiger partial charge in [0.25, 0.3) is 5.91 Å². The predicted molar refractivity (Wildman–Crippen MR) is 132 cm³/mol. The predicted octanol–water partition coefficient (Wildman–Crippen LogP) is 2.44. The first kappa shape index (κ1) is 22.1. The summed E-state index contributed by atoms with van der Waals surface area (Å²) in [6.07, 6.45) is 1.57. The van der Waals surface area contributed by atoms with E-state index in [1.165, 1.54) is 16.9 Å². The number of rotatable bonds is 7. The molecule has 2 aliphatic heterocycles. The van der Waals surface area contributed by atoms with Crippen molar-refractivity contribution in [3.63, 3.8) is 0 Å². The van der Waals surface area contributed by atoms with Crippen LogP contribution >= 0.6 is 11.3 Å². The molecule has 0 atom stereocenters. The van der Waals surface area contributed by atoms with Gasteiger partial charge in [-0.2, -0.15) is 9.61 Å². The summed E-state index contributed by atoms with van der Waals surface area (Å²) in [6.45, 7) is 5.55. The lowest BCUT2D eigenvalue weighted by molar-refractivity contribution is 0.0383. The molecule has 1 N–H and O–H groups in total. The largest absolute Gasteiger partial charge is 0.493 e. The normalized spacial score (nSPS) is 15.8. The van der Waals surface area contributed by atoms with E-state index in [2.05, 4.69) is 32.5 Å². The van der Waals surface area contributed by atoms with Crippen LogP contribution in [0.25, 0.3) is 16.2 Å². The number of benzene rings is 1. The molecule has 35 heavy (non-hydrogen) atoms. The van der Waals surface area contributed by atoms with Crippen LogP contribution in [0.4, 0.5) is 0 Å². The zero-order valence-electron chi connectivity index (χ0n) is 19.3. The van der Waals surface area contributed by atoms with Crippen molar-refractivity contribution in [3.05, 3.63) is 64.3 Å². The maximum Gasteiger partial charge on any atom is 0.261 e. The molecular weight excluding hydrogens is 464 g/mol. The molecule has 0 radical (unpaired) electrons. The molecule has 4 aromatic rings. The van der Waals surface area contributed by atoms with Gasteiger partial charge in [0.2, 0.25) is 0 Å². The zero-order valence-corrected chi connectivity index (χ0v) is 20.1. The molecule has 0 unspecified atom stereocenters. The van der Waals surface area contributed by atoms with Crippen molar-refractivity contribution in [2.24, 2.45) is 0 Å². The minimum absolute atomic E-state index is 0.0545. The summed E-state index contributed by atoms with van der Waals surface area (Å²) in [5.41, 5.74) is 3.88. The maximum absolute atomic E-state index is 12.6. The van der Waals surface area contributed by atoms with Gasteiger partial charge >= 0.3 is 0 Å². The molecule has 10 heteroatoms. The van der Waals surface area contributed by atoms with Crippen molar-refractivity contribution in [2.45, 2.75) is 12.8 Å². The highest BCUT2D eigenvalue weighted by molar-refractivity contribution is 7.17. The fraction of sp³-hybridized carbons (Fsp3) is 0.360. The van der Waals surface area contributed by atoms with Crippen molar-refractivity contribution >= 4 is 22.9 Å². The monoisotopic (exact) mass is 490 g/mol. The maximum atomic E-state index is 12.6. The molecule has 1 saturated heterocycles. The lowest BCUT2D eigenvalue weighted by Gasteiger charge is -2.26. The SMILES string of the molecule is O=C(NCCN1CCOCC1)c1ccc(-c2ccc3nnc(Cc4ccc5c(c4)CCO5)n3n2)s1. The Labute approximate surface area is 206 Å². The first-order chi connectivity index (χ1) is 17.2. The number of hydrogen-bond acceptors (Lipinski definition) is 8. The summed E-state index contributed by atoms with van der Waals surface area (Å²) >= 11 is 1.44. The molecule has 0 spiro atoms. The Hall–Kier alpha value is -3.34. The molecule has 1 aromatic carbocycles. The van der Waals surface area contributed by atoms with Crippen molar-refractivity contribution < 1.29 is 14.3 Å². The molecule has 1 fully saturated rings. The van der Waals surface area contributed by atoms with Gasteiger partial charge in [0.1, 0.15) is 11.4 Å². The minimum atomic E-state index is -0.0545. The standard InChI is InChI=1S/C25H26N6O3S/c32-25(26-8-9-30-10-13-33-14-11-30)22-5-4-21(35-22)19-2-6-23-27-28-24(31(23)29-19)16-17-1-3-20-18(15-17)7-12-34-20/h1-6,15H,7-14,16H2,(H,26,32). The van der Waals surface area contributed by atoms with E-state index < -0.39 is 0 Å². The number of aromatic nitrogens is 4. The summed E-state index contributed by atoms with van der Waals surface area (Å²) in [7, 11) is 0. The quantitative estimate of drug-likeness (QED) is 0.425. The molecule has 6 rings (SSSR count). The van der Waals surface area contributed by atoms with Crippen LogP contribution in [0.1, 0.15) is 26.6 Å². The van der Waals surface area contributed by atoms with Crippen LogP contribution < -0.4 is 10.1 Å². The number of amides is 1. The first-order valence-electron chi connectivity index (χ1n) is 11.9. The molecule has 0 aliphatic carbocycles. The number of nitrogens with zero attached hydrogens (tertiary/aromatic N) is 5. The first-order valence-corrected chi connectivity index (χ1v) is 12.7. The highest BCUT2D eigenvalue weighted by atomic mass is 32.1. The van der Waals surface area contributed by atoms with E-state index in [-0.39, 0.29) is 5.91 Å². The van der Waals surface area contributed by atoms with Gasteiger partial charge in [-0.1, -0.05) is 12.1 Å². The topological polar surface area (TPSA) is 93.9 Å². The summed E-state index contributed by atoms with van der Waals surface area (Å²) in [5.74, 6) is 1.69. The van der Waals surface area contributed by atoms with Crippen molar-refractivity contribution in [1.29, 1.82) is 0 Å². The molecule has 1 amide bonds. The van der Waals surface area contributed by atoms with Crippen LogP contribution in [0.2, 0.25) is 0 Å². The van der Waals surface area contributed by atoms with Gasteiger partial charge in [0.15, 0.2) is 11.5 Å². The number of hydrogen-bond donors (Lipinski definition) is 1. The molecule has 0 saturated carbocycles. The van der Waals surface area contributed by atoms with Crippen LogP contribution in [0.3, 0.4) is 0 Å². The number of carbonyl (C=O) groups is 1. The molecular formula is C25H26N6O3S. The van der Waals surface area contributed by atoms with E-state index >= 15 is 0 Å². The van der Waals surface area contributed by atoms with Gasteiger partial charge in [0.05, 0.1) is 29.6 Å². The summed E-state index contributed by atoms with van der Waals surface area (Å²) in [5, 5.41) is 16.5.